The van der Waals surface area contributed by atoms with Gasteiger partial charge < -0.3 is 18.9 Å². The number of rotatable bonds is 12. The molecule has 1 saturated carbocycles. The zero-order chi connectivity index (χ0) is 21.9. The third kappa shape index (κ3) is 4.47. The smallest absolute Gasteiger partial charge is 0.325 e. The lowest BCUT2D eigenvalue weighted by Gasteiger charge is -2.37. The summed E-state index contributed by atoms with van der Waals surface area (Å²) in [5, 5.41) is 0. The molecule has 0 N–H and O–H groups in total. The van der Waals surface area contributed by atoms with E-state index in [-0.39, 0.29) is 45.7 Å². The van der Waals surface area contributed by atoms with E-state index in [2.05, 4.69) is 26.3 Å². The Labute approximate surface area is 169 Å². The second-order valence-corrected chi connectivity index (χ2v) is 6.21. The minimum absolute atomic E-state index is 0.161. The molecule has 8 nitrogen and oxygen atoms in total. The van der Waals surface area contributed by atoms with Crippen LogP contribution in [0.3, 0.4) is 0 Å². The van der Waals surface area contributed by atoms with E-state index in [4.69, 9.17) is 18.9 Å². The van der Waals surface area contributed by atoms with Crippen molar-refractivity contribution in [1.29, 1.82) is 0 Å². The summed E-state index contributed by atoms with van der Waals surface area (Å²) in [5.74, 6) is -4.35. The molecular formula is C21H26O8. The van der Waals surface area contributed by atoms with Crippen LogP contribution in [0.1, 0.15) is 19.3 Å². The van der Waals surface area contributed by atoms with Crippen LogP contribution in [0, 0.1) is 10.8 Å². The van der Waals surface area contributed by atoms with E-state index in [9.17, 15) is 19.2 Å². The molecule has 0 aromatic rings. The van der Waals surface area contributed by atoms with Crippen molar-refractivity contribution < 1.29 is 38.1 Å². The summed E-state index contributed by atoms with van der Waals surface area (Å²) in [7, 11) is 0. The first-order chi connectivity index (χ1) is 13.9. The monoisotopic (exact) mass is 406 g/mol. The Morgan fingerprint density at radius 1 is 0.586 bits per heavy atom. The van der Waals surface area contributed by atoms with E-state index in [1.54, 1.807) is 0 Å². The second-order valence-electron chi connectivity index (χ2n) is 6.21. The first-order valence-corrected chi connectivity index (χ1v) is 9.01. The van der Waals surface area contributed by atoms with E-state index >= 15 is 0 Å². The molecule has 29 heavy (non-hydrogen) atoms. The van der Waals surface area contributed by atoms with Gasteiger partial charge in [0.25, 0.3) is 0 Å². The van der Waals surface area contributed by atoms with Gasteiger partial charge in [-0.15, -0.1) is 0 Å². The second kappa shape index (κ2) is 11.0. The maximum absolute atomic E-state index is 13.1. The third-order valence-corrected chi connectivity index (χ3v) is 4.56. The molecule has 0 aliphatic heterocycles. The molecule has 1 aliphatic rings. The van der Waals surface area contributed by atoms with E-state index in [1.807, 2.05) is 0 Å². The lowest BCUT2D eigenvalue weighted by atomic mass is 9.65. The zero-order valence-corrected chi connectivity index (χ0v) is 16.4. The van der Waals surface area contributed by atoms with Crippen LogP contribution in [0.4, 0.5) is 0 Å². The highest BCUT2D eigenvalue weighted by Gasteiger charge is 2.75. The molecule has 1 aliphatic carbocycles. The Kier molecular flexibility index (Phi) is 9.05. The predicted molar refractivity (Wildman–Crippen MR) is 103 cm³/mol. The van der Waals surface area contributed by atoms with E-state index < -0.39 is 34.7 Å². The molecule has 0 bridgehead atoms. The van der Waals surface area contributed by atoms with Crippen molar-refractivity contribution >= 4 is 23.9 Å². The summed E-state index contributed by atoms with van der Waals surface area (Å²) in [6.07, 6.45) is 5.04. The van der Waals surface area contributed by atoms with Gasteiger partial charge in [0, 0.05) is 0 Å². The highest BCUT2D eigenvalue weighted by Crippen LogP contribution is 2.56. The molecule has 0 aromatic heterocycles. The summed E-state index contributed by atoms with van der Waals surface area (Å²) < 4.78 is 20.4. The lowest BCUT2D eigenvalue weighted by Crippen LogP contribution is -2.60. The highest BCUT2D eigenvalue weighted by atomic mass is 16.6. The zero-order valence-electron chi connectivity index (χ0n) is 16.4. The Bertz CT molecular complexity index is 585. The SMILES string of the molecule is C=CCOC(=O)C1(C(=O)OCC=C)CCCC1(C(=O)OCC=C)C(=O)OCC=C. The van der Waals surface area contributed by atoms with Crippen molar-refractivity contribution in [3.63, 3.8) is 0 Å². The molecule has 0 saturated heterocycles. The number of carbonyl (C=O) groups excluding carboxylic acids is 4. The van der Waals surface area contributed by atoms with Crippen molar-refractivity contribution in [2.45, 2.75) is 19.3 Å². The number of hydrogen-bond donors (Lipinski definition) is 0. The molecule has 0 radical (unpaired) electrons. The van der Waals surface area contributed by atoms with Gasteiger partial charge in [0.15, 0.2) is 10.8 Å². The summed E-state index contributed by atoms with van der Waals surface area (Å²) in [6, 6.07) is 0. The van der Waals surface area contributed by atoms with Gasteiger partial charge in [-0.05, 0) is 19.3 Å². The van der Waals surface area contributed by atoms with Crippen LogP contribution in [-0.2, 0) is 38.1 Å². The van der Waals surface area contributed by atoms with Gasteiger partial charge in [0.2, 0.25) is 0 Å². The molecule has 0 amide bonds. The molecular weight excluding hydrogens is 380 g/mol. The van der Waals surface area contributed by atoms with Gasteiger partial charge in [-0.3, -0.25) is 19.2 Å². The average Bonchev–Trinajstić information content (AvgIpc) is 3.14. The third-order valence-electron chi connectivity index (χ3n) is 4.56. The molecule has 0 atom stereocenters. The summed E-state index contributed by atoms with van der Waals surface area (Å²) in [5.41, 5.74) is -4.54. The average molecular weight is 406 g/mol. The predicted octanol–water partition coefficient (Wildman–Crippen LogP) is 2.06. The molecule has 158 valence electrons. The maximum atomic E-state index is 13.1. The summed E-state index contributed by atoms with van der Waals surface area (Å²) in [4.78, 5) is 52.2. The Morgan fingerprint density at radius 2 is 0.828 bits per heavy atom. The number of ether oxygens (including phenoxy) is 4. The Hall–Kier alpha value is -3.16. The quantitative estimate of drug-likeness (QED) is 0.210. The van der Waals surface area contributed by atoms with Gasteiger partial charge in [-0.1, -0.05) is 50.6 Å². The fourth-order valence-corrected chi connectivity index (χ4v) is 3.35. The number of carbonyl (C=O) groups is 4. The van der Waals surface area contributed by atoms with Gasteiger partial charge in [0.05, 0.1) is 0 Å². The molecule has 1 rings (SSSR count). The molecule has 0 unspecified atom stereocenters. The van der Waals surface area contributed by atoms with E-state index in [0.717, 1.165) is 0 Å². The first-order valence-electron chi connectivity index (χ1n) is 9.01. The fourth-order valence-electron chi connectivity index (χ4n) is 3.35. The van der Waals surface area contributed by atoms with E-state index in [1.165, 1.54) is 24.3 Å². The lowest BCUT2D eigenvalue weighted by molar-refractivity contribution is -0.198. The van der Waals surface area contributed by atoms with Crippen molar-refractivity contribution in [2.24, 2.45) is 10.8 Å². The van der Waals surface area contributed by atoms with Crippen LogP contribution in [0.5, 0.6) is 0 Å². The molecule has 8 heteroatoms. The molecule has 0 heterocycles. The molecule has 0 spiro atoms. The van der Waals surface area contributed by atoms with Crippen LogP contribution in [0.15, 0.2) is 50.6 Å². The highest BCUT2D eigenvalue weighted by molar-refractivity contribution is 6.15. The van der Waals surface area contributed by atoms with Gasteiger partial charge in [0.1, 0.15) is 26.4 Å². The summed E-state index contributed by atoms with van der Waals surface area (Å²) in [6.45, 7) is 12.9. The maximum Gasteiger partial charge on any atom is 0.325 e. The Balaban J connectivity index is 3.62. The van der Waals surface area contributed by atoms with Crippen molar-refractivity contribution in [3.8, 4) is 0 Å². The van der Waals surface area contributed by atoms with Crippen LogP contribution >= 0.6 is 0 Å². The van der Waals surface area contributed by atoms with E-state index in [0.29, 0.717) is 0 Å². The summed E-state index contributed by atoms with van der Waals surface area (Å²) >= 11 is 0. The molecule has 1 fully saturated rings. The van der Waals surface area contributed by atoms with Crippen LogP contribution in [-0.4, -0.2) is 50.3 Å². The topological polar surface area (TPSA) is 105 Å². The number of esters is 4. The van der Waals surface area contributed by atoms with Gasteiger partial charge in [-0.25, -0.2) is 0 Å². The van der Waals surface area contributed by atoms with Gasteiger partial charge in [-0.2, -0.15) is 0 Å². The number of hydrogen-bond acceptors (Lipinski definition) is 8. The van der Waals surface area contributed by atoms with Crippen LogP contribution in [0.25, 0.3) is 0 Å². The van der Waals surface area contributed by atoms with Crippen LogP contribution < -0.4 is 0 Å². The normalized spacial score (nSPS) is 16.0. The van der Waals surface area contributed by atoms with Crippen LogP contribution in [0.2, 0.25) is 0 Å². The first kappa shape index (κ1) is 23.9. The fraction of sp³-hybridized carbons (Fsp3) is 0.429. The standard InChI is InChI=1S/C21H26O8/c1-5-12-26-16(22)20(17(23)27-13-6-2)10-9-11-21(20,18(24)28-14-7-3)19(25)29-15-8-4/h5-8H,1-4,9-15H2. The molecule has 0 aromatic carbocycles. The van der Waals surface area contributed by atoms with Gasteiger partial charge >= 0.3 is 23.9 Å². The van der Waals surface area contributed by atoms with Crippen molar-refractivity contribution in [1.82, 2.24) is 0 Å². The van der Waals surface area contributed by atoms with Crippen molar-refractivity contribution in [2.75, 3.05) is 26.4 Å². The minimum Gasteiger partial charge on any atom is -0.461 e. The minimum atomic E-state index is -2.27. The Morgan fingerprint density at radius 3 is 1.03 bits per heavy atom. The largest absolute Gasteiger partial charge is 0.461 e. The van der Waals surface area contributed by atoms with Crippen molar-refractivity contribution in [3.05, 3.63) is 50.6 Å².